The van der Waals surface area contributed by atoms with Crippen LogP contribution in [0.3, 0.4) is 0 Å². The minimum atomic E-state index is 0.175. The molecule has 1 aliphatic heterocycles. The van der Waals surface area contributed by atoms with Crippen LogP contribution in [-0.2, 0) is 4.79 Å². The molecule has 1 amide bonds. The molecule has 0 fully saturated rings. The first-order chi connectivity index (χ1) is 8.04. The summed E-state index contributed by atoms with van der Waals surface area (Å²) in [5.74, 6) is 0.175. The van der Waals surface area contributed by atoms with E-state index >= 15 is 0 Å². The van der Waals surface area contributed by atoms with Crippen LogP contribution in [-0.4, -0.2) is 35.1 Å². The highest BCUT2D eigenvalue weighted by molar-refractivity contribution is 5.94. The molecule has 0 aromatic heterocycles. The molecule has 1 atom stereocenters. The Balaban J connectivity index is 0.00000121. The van der Waals surface area contributed by atoms with Crippen molar-refractivity contribution in [3.8, 4) is 0 Å². The summed E-state index contributed by atoms with van der Waals surface area (Å²) in [6.07, 6.45) is 1.00. The smallest absolute Gasteiger partial charge is 0.263 e. The van der Waals surface area contributed by atoms with Crippen LogP contribution in [0.1, 0.15) is 54.9 Å². The van der Waals surface area contributed by atoms with E-state index in [-0.39, 0.29) is 5.91 Å². The number of carbonyl (C=O) groups excluding carboxylic acids is 1. The maximum atomic E-state index is 12.1. The molecule has 0 aromatic carbocycles. The van der Waals surface area contributed by atoms with Crippen LogP contribution in [0.15, 0.2) is 11.1 Å². The van der Waals surface area contributed by atoms with E-state index in [1.807, 2.05) is 25.8 Å². The van der Waals surface area contributed by atoms with Gasteiger partial charge in [-0.3, -0.25) is 9.80 Å². The molecule has 1 rings (SSSR count). The van der Waals surface area contributed by atoms with Crippen molar-refractivity contribution >= 4 is 5.91 Å². The molecule has 3 nitrogen and oxygen atoms in total. The van der Waals surface area contributed by atoms with E-state index < -0.39 is 0 Å². The molecule has 17 heavy (non-hydrogen) atoms. The average molecular weight is 240 g/mol. The van der Waals surface area contributed by atoms with E-state index in [1.165, 1.54) is 5.57 Å². The summed E-state index contributed by atoms with van der Waals surface area (Å²) in [5.41, 5.74) is 2.12. The quantitative estimate of drug-likeness (QED) is 0.756. The molecule has 1 aliphatic rings. The van der Waals surface area contributed by atoms with Gasteiger partial charge in [-0.1, -0.05) is 27.7 Å². The van der Waals surface area contributed by atoms with Crippen molar-refractivity contribution in [2.75, 3.05) is 13.1 Å². The van der Waals surface area contributed by atoms with Gasteiger partial charge in [-0.2, -0.15) is 0 Å². The zero-order valence-corrected chi connectivity index (χ0v) is 12.5. The first kappa shape index (κ1) is 16.2. The number of amides is 1. The number of rotatable bonds is 3. The van der Waals surface area contributed by atoms with Crippen LogP contribution in [0.25, 0.3) is 0 Å². The first-order valence-electron chi connectivity index (χ1n) is 6.80. The van der Waals surface area contributed by atoms with E-state index in [2.05, 4.69) is 32.7 Å². The second-order valence-corrected chi connectivity index (χ2v) is 4.17. The number of carbonyl (C=O) groups is 1. The third-order valence-corrected chi connectivity index (χ3v) is 3.29. The summed E-state index contributed by atoms with van der Waals surface area (Å²) < 4.78 is 0. The standard InChI is InChI=1S/C12H22N2O.C2H6/c1-6-8-14-12(15)10(4)9(3)11(5)13(14)7-2;1-2/h11H,6-8H2,1-5H3;1-2H3. The van der Waals surface area contributed by atoms with Crippen molar-refractivity contribution in [3.63, 3.8) is 0 Å². The van der Waals surface area contributed by atoms with Crippen LogP contribution in [0.5, 0.6) is 0 Å². The summed E-state index contributed by atoms with van der Waals surface area (Å²) >= 11 is 0. The van der Waals surface area contributed by atoms with Gasteiger partial charge >= 0.3 is 0 Å². The summed E-state index contributed by atoms with van der Waals surface area (Å²) in [4.78, 5) is 12.1. The number of hydrogen-bond donors (Lipinski definition) is 0. The molecule has 0 aliphatic carbocycles. The Morgan fingerprint density at radius 2 is 1.71 bits per heavy atom. The predicted octanol–water partition coefficient (Wildman–Crippen LogP) is 3.23. The highest BCUT2D eigenvalue weighted by atomic mass is 16.2. The number of likely N-dealkylation sites (N-methyl/N-ethyl adjacent to an activating group) is 1. The third-order valence-electron chi connectivity index (χ3n) is 3.29. The third kappa shape index (κ3) is 3.32. The molecule has 1 unspecified atom stereocenters. The Morgan fingerprint density at radius 3 is 2.12 bits per heavy atom. The normalized spacial score (nSPS) is 21.5. The lowest BCUT2D eigenvalue weighted by molar-refractivity contribution is -0.150. The maximum absolute atomic E-state index is 12.1. The van der Waals surface area contributed by atoms with Crippen molar-refractivity contribution in [2.45, 2.75) is 60.9 Å². The van der Waals surface area contributed by atoms with Crippen molar-refractivity contribution in [3.05, 3.63) is 11.1 Å². The Bertz CT molecular complexity index is 284. The molecular formula is C14H28N2O. The van der Waals surface area contributed by atoms with Crippen LogP contribution in [0.2, 0.25) is 0 Å². The summed E-state index contributed by atoms with van der Waals surface area (Å²) in [7, 11) is 0. The fourth-order valence-corrected chi connectivity index (χ4v) is 2.11. The van der Waals surface area contributed by atoms with Crippen LogP contribution in [0.4, 0.5) is 0 Å². The van der Waals surface area contributed by atoms with Crippen molar-refractivity contribution in [1.29, 1.82) is 0 Å². The molecular weight excluding hydrogens is 212 g/mol. The molecule has 0 radical (unpaired) electrons. The molecule has 100 valence electrons. The maximum Gasteiger partial charge on any atom is 0.263 e. The van der Waals surface area contributed by atoms with Crippen molar-refractivity contribution in [1.82, 2.24) is 10.0 Å². The zero-order valence-electron chi connectivity index (χ0n) is 12.5. The number of hydrazine groups is 1. The Morgan fingerprint density at radius 1 is 1.18 bits per heavy atom. The van der Waals surface area contributed by atoms with E-state index in [0.717, 1.165) is 25.1 Å². The zero-order chi connectivity index (χ0) is 13.6. The first-order valence-corrected chi connectivity index (χ1v) is 6.80. The van der Waals surface area contributed by atoms with Gasteiger partial charge in [0, 0.05) is 24.7 Å². The monoisotopic (exact) mass is 240 g/mol. The van der Waals surface area contributed by atoms with E-state index in [9.17, 15) is 4.79 Å². The molecule has 0 bridgehead atoms. The summed E-state index contributed by atoms with van der Waals surface area (Å²) in [6.45, 7) is 16.1. The molecule has 0 N–H and O–H groups in total. The van der Waals surface area contributed by atoms with Gasteiger partial charge in [0.2, 0.25) is 0 Å². The minimum absolute atomic E-state index is 0.175. The molecule has 0 saturated carbocycles. The molecule has 3 heteroatoms. The van der Waals surface area contributed by atoms with Gasteiger partial charge in [0.05, 0.1) is 0 Å². The second-order valence-electron chi connectivity index (χ2n) is 4.17. The second kappa shape index (κ2) is 7.49. The van der Waals surface area contributed by atoms with Gasteiger partial charge in [0.15, 0.2) is 0 Å². The summed E-state index contributed by atoms with van der Waals surface area (Å²) in [6, 6.07) is 0.347. The predicted molar refractivity (Wildman–Crippen MR) is 73.6 cm³/mol. The van der Waals surface area contributed by atoms with Crippen LogP contribution in [0, 0.1) is 0 Å². The van der Waals surface area contributed by atoms with Gasteiger partial charge in [-0.05, 0) is 32.8 Å². The molecule has 0 spiro atoms. The SMILES string of the molecule is CC.CCCN1C(=O)C(C)=C(C)C(C)N1CC. The fourth-order valence-electron chi connectivity index (χ4n) is 2.11. The highest BCUT2D eigenvalue weighted by Crippen LogP contribution is 2.24. The molecule has 0 saturated heterocycles. The lowest BCUT2D eigenvalue weighted by Gasteiger charge is -2.43. The summed E-state index contributed by atoms with van der Waals surface area (Å²) in [5, 5.41) is 4.06. The van der Waals surface area contributed by atoms with E-state index in [1.54, 1.807) is 0 Å². The van der Waals surface area contributed by atoms with E-state index in [4.69, 9.17) is 0 Å². The topological polar surface area (TPSA) is 23.6 Å². The van der Waals surface area contributed by atoms with Gasteiger partial charge in [-0.15, -0.1) is 0 Å². The average Bonchev–Trinajstić information content (AvgIpc) is 2.36. The van der Waals surface area contributed by atoms with Gasteiger partial charge in [-0.25, -0.2) is 5.01 Å². The Labute approximate surface area is 106 Å². The lowest BCUT2D eigenvalue weighted by atomic mass is 10.0. The Hall–Kier alpha value is -0.830. The van der Waals surface area contributed by atoms with Gasteiger partial charge in [0.25, 0.3) is 5.91 Å². The number of nitrogens with zero attached hydrogens (tertiary/aromatic N) is 2. The van der Waals surface area contributed by atoms with Crippen molar-refractivity contribution < 1.29 is 4.79 Å². The Kier molecular flexibility index (Phi) is 7.12. The lowest BCUT2D eigenvalue weighted by Crippen LogP contribution is -2.55. The molecule has 1 heterocycles. The largest absolute Gasteiger partial charge is 0.271 e. The van der Waals surface area contributed by atoms with Gasteiger partial charge < -0.3 is 0 Å². The van der Waals surface area contributed by atoms with Crippen molar-refractivity contribution in [2.24, 2.45) is 0 Å². The van der Waals surface area contributed by atoms with E-state index in [0.29, 0.717) is 6.04 Å². The molecule has 0 aromatic rings. The highest BCUT2D eigenvalue weighted by Gasteiger charge is 2.32. The number of hydrogen-bond acceptors (Lipinski definition) is 2. The van der Waals surface area contributed by atoms with Crippen LogP contribution >= 0.6 is 0 Å². The van der Waals surface area contributed by atoms with Crippen LogP contribution < -0.4 is 0 Å². The fraction of sp³-hybridized carbons (Fsp3) is 0.786. The van der Waals surface area contributed by atoms with Gasteiger partial charge in [0.1, 0.15) is 0 Å². The minimum Gasteiger partial charge on any atom is -0.271 e.